The van der Waals surface area contributed by atoms with Crippen LogP contribution in [0, 0.1) is 0 Å². The zero-order valence-electron chi connectivity index (χ0n) is 9.37. The normalized spacial score (nSPS) is 31.8. The van der Waals surface area contributed by atoms with E-state index in [9.17, 15) is 0 Å². The highest BCUT2D eigenvalue weighted by atomic mass is 15.6. The summed E-state index contributed by atoms with van der Waals surface area (Å²) < 4.78 is 0. The lowest BCUT2D eigenvalue weighted by Crippen LogP contribution is -2.44. The summed E-state index contributed by atoms with van der Waals surface area (Å²) in [6.45, 7) is 2.19. The van der Waals surface area contributed by atoms with Gasteiger partial charge in [0.25, 0.3) is 0 Å². The van der Waals surface area contributed by atoms with Gasteiger partial charge in [-0.15, -0.1) is 0 Å². The Labute approximate surface area is 95.5 Å². The van der Waals surface area contributed by atoms with Crippen molar-refractivity contribution in [2.45, 2.75) is 31.3 Å². The number of para-hydroxylation sites is 1. The van der Waals surface area contributed by atoms with Crippen LogP contribution in [0.1, 0.15) is 19.8 Å². The molecule has 1 heterocycles. The van der Waals surface area contributed by atoms with Gasteiger partial charge >= 0.3 is 0 Å². The molecule has 1 aromatic carbocycles. The van der Waals surface area contributed by atoms with Gasteiger partial charge in [0.2, 0.25) is 0 Å². The maximum absolute atomic E-state index is 4.45. The van der Waals surface area contributed by atoms with Crippen LogP contribution in [-0.2, 0) is 0 Å². The Balaban J connectivity index is 1.95. The number of nitrogens with zero attached hydrogens (tertiary/aromatic N) is 3. The van der Waals surface area contributed by atoms with Crippen molar-refractivity contribution >= 4 is 5.69 Å². The second kappa shape index (κ2) is 3.44. The Morgan fingerprint density at radius 2 is 2.06 bits per heavy atom. The van der Waals surface area contributed by atoms with Crippen LogP contribution in [0.3, 0.4) is 0 Å². The lowest BCUT2D eigenvalue weighted by Gasteiger charge is -2.33. The number of rotatable bonds is 1. The van der Waals surface area contributed by atoms with E-state index in [1.54, 1.807) is 0 Å². The van der Waals surface area contributed by atoms with E-state index in [0.717, 1.165) is 18.5 Å². The molecule has 2 unspecified atom stereocenters. The van der Waals surface area contributed by atoms with Gasteiger partial charge < -0.3 is 0 Å². The van der Waals surface area contributed by atoms with Crippen LogP contribution < -0.4 is 5.01 Å². The number of fused-ring (bicyclic) bond motifs is 1. The molecule has 2 aliphatic rings. The molecule has 1 aliphatic carbocycles. The number of hydrogen-bond donors (Lipinski definition) is 0. The monoisotopic (exact) mass is 213 g/mol. The zero-order chi connectivity index (χ0) is 11.0. The molecule has 0 bridgehead atoms. The summed E-state index contributed by atoms with van der Waals surface area (Å²) in [4.78, 5) is 0. The smallest absolute Gasteiger partial charge is 0.107 e. The minimum atomic E-state index is -0.0371. The summed E-state index contributed by atoms with van der Waals surface area (Å²) in [5.41, 5.74) is 1.10. The van der Waals surface area contributed by atoms with Crippen molar-refractivity contribution in [3.8, 4) is 0 Å². The molecule has 1 aromatic rings. The molecular formula is C13H15N3. The lowest BCUT2D eigenvalue weighted by atomic mass is 9.83. The Kier molecular flexibility index (Phi) is 2.06. The van der Waals surface area contributed by atoms with Gasteiger partial charge in [-0.2, -0.15) is 5.11 Å². The first-order valence-electron chi connectivity index (χ1n) is 5.72. The van der Waals surface area contributed by atoms with E-state index in [4.69, 9.17) is 0 Å². The van der Waals surface area contributed by atoms with Crippen molar-refractivity contribution < 1.29 is 0 Å². The Bertz CT molecular complexity index is 438. The number of benzene rings is 1. The van der Waals surface area contributed by atoms with Crippen LogP contribution >= 0.6 is 0 Å². The Morgan fingerprint density at radius 1 is 1.25 bits per heavy atom. The molecule has 0 aromatic heterocycles. The van der Waals surface area contributed by atoms with Crippen molar-refractivity contribution in [2.24, 2.45) is 10.3 Å². The minimum absolute atomic E-state index is 0.0371. The van der Waals surface area contributed by atoms with E-state index in [1.807, 2.05) is 18.2 Å². The number of hydrogen-bond acceptors (Lipinski definition) is 3. The van der Waals surface area contributed by atoms with E-state index in [0.29, 0.717) is 6.04 Å². The second-order valence-electron chi connectivity index (χ2n) is 4.65. The predicted octanol–water partition coefficient (Wildman–Crippen LogP) is 3.35. The molecule has 82 valence electrons. The Morgan fingerprint density at radius 3 is 2.88 bits per heavy atom. The summed E-state index contributed by atoms with van der Waals surface area (Å²) in [6.07, 6.45) is 6.46. The van der Waals surface area contributed by atoms with Crippen LogP contribution in [0.4, 0.5) is 5.69 Å². The Hall–Kier alpha value is -1.64. The van der Waals surface area contributed by atoms with Crippen LogP contribution in [0.2, 0.25) is 0 Å². The highest BCUT2D eigenvalue weighted by Gasteiger charge is 2.43. The third-order valence-corrected chi connectivity index (χ3v) is 3.46. The standard InChI is InChI=1S/C13H15N3/c1-13-10-6-5-9-12(13)16(15-14-13)11-7-3-2-4-8-11/h2-8,12H,9-10H2,1H3. The van der Waals surface area contributed by atoms with Crippen molar-refractivity contribution in [2.75, 3.05) is 5.01 Å². The SMILES string of the molecule is CC12CC=CCC1N(c1ccccc1)N=N2. The summed E-state index contributed by atoms with van der Waals surface area (Å²) in [5, 5.41) is 10.8. The van der Waals surface area contributed by atoms with Gasteiger partial charge in [-0.1, -0.05) is 35.6 Å². The average Bonchev–Trinajstić information content (AvgIpc) is 2.67. The third kappa shape index (κ3) is 1.35. The lowest BCUT2D eigenvalue weighted by molar-refractivity contribution is 0.394. The summed E-state index contributed by atoms with van der Waals surface area (Å²) in [6, 6.07) is 10.7. The van der Waals surface area contributed by atoms with Crippen LogP contribution in [0.5, 0.6) is 0 Å². The maximum atomic E-state index is 4.45. The fourth-order valence-electron chi connectivity index (χ4n) is 2.43. The first-order chi connectivity index (χ1) is 7.80. The molecule has 0 saturated carbocycles. The second-order valence-corrected chi connectivity index (χ2v) is 4.65. The highest BCUT2D eigenvalue weighted by molar-refractivity contribution is 5.48. The van der Waals surface area contributed by atoms with E-state index >= 15 is 0 Å². The molecule has 0 spiro atoms. The first kappa shape index (κ1) is 9.58. The first-order valence-corrected chi connectivity index (χ1v) is 5.72. The summed E-state index contributed by atoms with van der Waals surface area (Å²) >= 11 is 0. The predicted molar refractivity (Wildman–Crippen MR) is 64.3 cm³/mol. The molecular weight excluding hydrogens is 198 g/mol. The van der Waals surface area contributed by atoms with Gasteiger partial charge in [-0.25, -0.2) is 5.01 Å². The molecule has 2 atom stereocenters. The molecule has 0 radical (unpaired) electrons. The number of anilines is 1. The zero-order valence-corrected chi connectivity index (χ0v) is 9.37. The molecule has 0 fully saturated rings. The molecule has 3 heteroatoms. The van der Waals surface area contributed by atoms with Crippen molar-refractivity contribution in [1.29, 1.82) is 0 Å². The minimum Gasteiger partial charge on any atom is -0.241 e. The molecule has 1 aliphatic heterocycles. The molecule has 0 saturated heterocycles. The molecule has 0 N–H and O–H groups in total. The fourth-order valence-corrected chi connectivity index (χ4v) is 2.43. The molecule has 16 heavy (non-hydrogen) atoms. The van der Waals surface area contributed by atoms with Gasteiger partial charge in [0.05, 0.1) is 11.7 Å². The summed E-state index contributed by atoms with van der Waals surface area (Å²) in [5.74, 6) is 0. The van der Waals surface area contributed by atoms with Crippen molar-refractivity contribution in [3.63, 3.8) is 0 Å². The molecule has 3 rings (SSSR count). The van der Waals surface area contributed by atoms with Gasteiger partial charge in [0.15, 0.2) is 0 Å². The van der Waals surface area contributed by atoms with Crippen molar-refractivity contribution in [3.05, 3.63) is 42.5 Å². The van der Waals surface area contributed by atoms with Crippen LogP contribution in [-0.4, -0.2) is 11.6 Å². The largest absolute Gasteiger partial charge is 0.241 e. The van der Waals surface area contributed by atoms with Gasteiger partial charge in [0, 0.05) is 0 Å². The average molecular weight is 213 g/mol. The topological polar surface area (TPSA) is 28.0 Å². The van der Waals surface area contributed by atoms with Gasteiger partial charge in [-0.05, 0) is 31.9 Å². The van der Waals surface area contributed by atoms with E-state index < -0.39 is 0 Å². The highest BCUT2D eigenvalue weighted by Crippen LogP contribution is 2.39. The van der Waals surface area contributed by atoms with E-state index in [2.05, 4.69) is 46.6 Å². The van der Waals surface area contributed by atoms with E-state index in [-0.39, 0.29) is 5.54 Å². The summed E-state index contributed by atoms with van der Waals surface area (Å²) in [7, 11) is 0. The third-order valence-electron chi connectivity index (χ3n) is 3.46. The maximum Gasteiger partial charge on any atom is 0.107 e. The molecule has 3 nitrogen and oxygen atoms in total. The quantitative estimate of drug-likeness (QED) is 0.657. The fraction of sp³-hybridized carbons (Fsp3) is 0.385. The van der Waals surface area contributed by atoms with E-state index in [1.165, 1.54) is 0 Å². The van der Waals surface area contributed by atoms with Crippen molar-refractivity contribution in [1.82, 2.24) is 0 Å². The van der Waals surface area contributed by atoms with Crippen LogP contribution in [0.15, 0.2) is 52.8 Å². The van der Waals surface area contributed by atoms with Gasteiger partial charge in [-0.3, -0.25) is 0 Å². The van der Waals surface area contributed by atoms with Gasteiger partial charge in [0.1, 0.15) is 5.54 Å². The molecule has 0 amide bonds. The van der Waals surface area contributed by atoms with Crippen LogP contribution in [0.25, 0.3) is 0 Å².